The second kappa shape index (κ2) is 6.36. The Kier molecular flexibility index (Phi) is 4.55. The van der Waals surface area contributed by atoms with Crippen molar-refractivity contribution >= 4 is 12.0 Å². The van der Waals surface area contributed by atoms with E-state index in [1.807, 2.05) is 0 Å². The zero-order valence-corrected chi connectivity index (χ0v) is 11.5. The molecule has 0 bridgehead atoms. The van der Waals surface area contributed by atoms with Crippen LogP contribution in [0.15, 0.2) is 24.5 Å². The van der Waals surface area contributed by atoms with Gasteiger partial charge in [0, 0.05) is 39.0 Å². The van der Waals surface area contributed by atoms with Gasteiger partial charge in [0.1, 0.15) is 6.04 Å². The quantitative estimate of drug-likeness (QED) is 0.898. The van der Waals surface area contributed by atoms with Crippen molar-refractivity contribution in [3.63, 3.8) is 0 Å². The molecule has 0 radical (unpaired) electrons. The molecule has 6 nitrogen and oxygen atoms in total. The Labute approximate surface area is 118 Å². The molecule has 1 fully saturated rings. The predicted octanol–water partition coefficient (Wildman–Crippen LogP) is 1.22. The van der Waals surface area contributed by atoms with Crippen molar-refractivity contribution in [1.29, 1.82) is 0 Å². The van der Waals surface area contributed by atoms with Gasteiger partial charge in [-0.1, -0.05) is 0 Å². The van der Waals surface area contributed by atoms with Gasteiger partial charge in [-0.2, -0.15) is 0 Å². The first kappa shape index (κ1) is 14.3. The molecule has 20 heavy (non-hydrogen) atoms. The van der Waals surface area contributed by atoms with E-state index in [4.69, 9.17) is 5.11 Å². The van der Waals surface area contributed by atoms with Crippen LogP contribution in [0.2, 0.25) is 0 Å². The Morgan fingerprint density at radius 1 is 1.35 bits per heavy atom. The number of likely N-dealkylation sites (tertiary alicyclic amines) is 1. The number of carbonyl (C=O) groups excluding carboxylic acids is 1. The standard InChI is InChI=1S/C14H19N3O3/c1-16(14(19)20)12(10-11-4-6-15-7-5-11)13(18)17-8-2-3-9-17/h4-7,12H,2-3,8-10H2,1H3,(H,19,20)/t12-/m1/s1. The third-order valence-electron chi connectivity index (χ3n) is 3.65. The summed E-state index contributed by atoms with van der Waals surface area (Å²) in [7, 11) is 1.45. The monoisotopic (exact) mass is 277 g/mol. The fourth-order valence-corrected chi connectivity index (χ4v) is 2.41. The number of aromatic nitrogens is 1. The van der Waals surface area contributed by atoms with Crippen LogP contribution in [0.4, 0.5) is 4.79 Å². The molecule has 0 aromatic carbocycles. The summed E-state index contributed by atoms with van der Waals surface area (Å²) in [5.41, 5.74) is 0.908. The number of carbonyl (C=O) groups is 2. The first-order valence-electron chi connectivity index (χ1n) is 6.73. The van der Waals surface area contributed by atoms with Gasteiger partial charge in [-0.3, -0.25) is 14.7 Å². The lowest BCUT2D eigenvalue weighted by Crippen LogP contribution is -2.49. The highest BCUT2D eigenvalue weighted by Gasteiger charge is 2.31. The smallest absolute Gasteiger partial charge is 0.407 e. The van der Waals surface area contributed by atoms with Crippen molar-refractivity contribution in [2.75, 3.05) is 20.1 Å². The average Bonchev–Trinajstić information content (AvgIpc) is 2.98. The predicted molar refractivity (Wildman–Crippen MR) is 73.3 cm³/mol. The van der Waals surface area contributed by atoms with Gasteiger partial charge >= 0.3 is 6.09 Å². The summed E-state index contributed by atoms with van der Waals surface area (Å²) in [6.07, 6.45) is 4.56. The normalized spacial score (nSPS) is 15.9. The molecule has 0 aliphatic carbocycles. The van der Waals surface area contributed by atoms with Gasteiger partial charge in [0.25, 0.3) is 0 Å². The summed E-state index contributed by atoms with van der Waals surface area (Å²) in [5.74, 6) is -0.107. The maximum absolute atomic E-state index is 12.5. The van der Waals surface area contributed by atoms with E-state index in [0.717, 1.165) is 36.4 Å². The first-order chi connectivity index (χ1) is 9.59. The minimum absolute atomic E-state index is 0.107. The van der Waals surface area contributed by atoms with E-state index in [1.165, 1.54) is 7.05 Å². The van der Waals surface area contributed by atoms with Gasteiger partial charge in [0.2, 0.25) is 5.91 Å². The number of amides is 2. The van der Waals surface area contributed by atoms with E-state index < -0.39 is 12.1 Å². The second-order valence-corrected chi connectivity index (χ2v) is 5.00. The van der Waals surface area contributed by atoms with E-state index in [-0.39, 0.29) is 5.91 Å². The third kappa shape index (κ3) is 3.26. The lowest BCUT2D eigenvalue weighted by molar-refractivity contribution is -0.134. The van der Waals surface area contributed by atoms with Crippen molar-refractivity contribution in [1.82, 2.24) is 14.8 Å². The number of likely N-dealkylation sites (N-methyl/N-ethyl adjacent to an activating group) is 1. The maximum atomic E-state index is 12.5. The van der Waals surface area contributed by atoms with Crippen LogP contribution in [0.3, 0.4) is 0 Å². The second-order valence-electron chi connectivity index (χ2n) is 5.00. The van der Waals surface area contributed by atoms with Crippen molar-refractivity contribution in [3.8, 4) is 0 Å². The van der Waals surface area contributed by atoms with Gasteiger partial charge in [0.15, 0.2) is 0 Å². The lowest BCUT2D eigenvalue weighted by atomic mass is 10.1. The Bertz CT molecular complexity index is 472. The van der Waals surface area contributed by atoms with E-state index in [0.29, 0.717) is 6.42 Å². The summed E-state index contributed by atoms with van der Waals surface area (Å²) in [6, 6.07) is 2.94. The largest absolute Gasteiger partial charge is 0.465 e. The van der Waals surface area contributed by atoms with Crippen LogP contribution in [0.1, 0.15) is 18.4 Å². The Morgan fingerprint density at radius 2 is 1.95 bits per heavy atom. The van der Waals surface area contributed by atoms with Crippen molar-refractivity contribution < 1.29 is 14.7 Å². The molecule has 1 aliphatic heterocycles. The molecule has 1 N–H and O–H groups in total. The number of hydrogen-bond acceptors (Lipinski definition) is 3. The number of rotatable bonds is 4. The fraction of sp³-hybridized carbons (Fsp3) is 0.500. The molecule has 2 amide bonds. The van der Waals surface area contributed by atoms with Crippen LogP contribution in [0.25, 0.3) is 0 Å². The molecule has 0 saturated carbocycles. The average molecular weight is 277 g/mol. The van der Waals surface area contributed by atoms with E-state index in [1.54, 1.807) is 29.4 Å². The van der Waals surface area contributed by atoms with Crippen molar-refractivity contribution in [2.45, 2.75) is 25.3 Å². The number of hydrogen-bond donors (Lipinski definition) is 1. The SMILES string of the molecule is CN(C(=O)O)[C@H](Cc1ccncc1)C(=O)N1CCCC1. The van der Waals surface area contributed by atoms with E-state index in [9.17, 15) is 9.59 Å². The van der Waals surface area contributed by atoms with Crippen LogP contribution in [0.5, 0.6) is 0 Å². The third-order valence-corrected chi connectivity index (χ3v) is 3.65. The van der Waals surface area contributed by atoms with Gasteiger partial charge in [-0.25, -0.2) is 4.79 Å². The number of pyridine rings is 1. The highest BCUT2D eigenvalue weighted by Crippen LogP contribution is 2.15. The van der Waals surface area contributed by atoms with Crippen LogP contribution in [0, 0.1) is 0 Å². The lowest BCUT2D eigenvalue weighted by Gasteiger charge is -2.28. The molecular weight excluding hydrogens is 258 g/mol. The summed E-state index contributed by atoms with van der Waals surface area (Å²) in [5, 5.41) is 9.16. The summed E-state index contributed by atoms with van der Waals surface area (Å²) in [4.78, 5) is 30.5. The zero-order valence-electron chi connectivity index (χ0n) is 11.5. The minimum Gasteiger partial charge on any atom is -0.465 e. The molecule has 2 heterocycles. The number of carboxylic acid groups (broad SMARTS) is 1. The van der Waals surface area contributed by atoms with Crippen LogP contribution >= 0.6 is 0 Å². The first-order valence-corrected chi connectivity index (χ1v) is 6.73. The van der Waals surface area contributed by atoms with Gasteiger partial charge in [-0.05, 0) is 30.5 Å². The van der Waals surface area contributed by atoms with Crippen LogP contribution in [-0.4, -0.2) is 58.1 Å². The molecule has 6 heteroatoms. The molecule has 1 saturated heterocycles. The van der Waals surface area contributed by atoms with Crippen LogP contribution in [-0.2, 0) is 11.2 Å². The Morgan fingerprint density at radius 3 is 2.50 bits per heavy atom. The molecule has 1 aromatic heterocycles. The van der Waals surface area contributed by atoms with Gasteiger partial charge in [0.05, 0.1) is 0 Å². The molecule has 0 unspecified atom stereocenters. The summed E-state index contributed by atoms with van der Waals surface area (Å²) >= 11 is 0. The maximum Gasteiger partial charge on any atom is 0.407 e. The van der Waals surface area contributed by atoms with Gasteiger partial charge < -0.3 is 10.0 Å². The Hall–Kier alpha value is -2.11. The number of nitrogens with zero attached hydrogens (tertiary/aromatic N) is 3. The van der Waals surface area contributed by atoms with Crippen molar-refractivity contribution in [3.05, 3.63) is 30.1 Å². The van der Waals surface area contributed by atoms with E-state index in [2.05, 4.69) is 4.98 Å². The molecule has 1 aromatic rings. The topological polar surface area (TPSA) is 73.7 Å². The summed E-state index contributed by atoms with van der Waals surface area (Å²) in [6.45, 7) is 1.44. The molecule has 2 rings (SSSR count). The minimum atomic E-state index is -1.09. The summed E-state index contributed by atoms with van der Waals surface area (Å²) < 4.78 is 0. The highest BCUT2D eigenvalue weighted by molar-refractivity contribution is 5.85. The highest BCUT2D eigenvalue weighted by atomic mass is 16.4. The Balaban J connectivity index is 2.15. The van der Waals surface area contributed by atoms with E-state index >= 15 is 0 Å². The molecule has 1 atom stereocenters. The van der Waals surface area contributed by atoms with Gasteiger partial charge in [-0.15, -0.1) is 0 Å². The van der Waals surface area contributed by atoms with Crippen molar-refractivity contribution in [2.24, 2.45) is 0 Å². The molecule has 108 valence electrons. The molecule has 0 spiro atoms. The zero-order chi connectivity index (χ0) is 14.5. The van der Waals surface area contributed by atoms with Crippen LogP contribution < -0.4 is 0 Å². The molecule has 1 aliphatic rings. The fourth-order valence-electron chi connectivity index (χ4n) is 2.41. The molecular formula is C14H19N3O3.